The average molecular weight is 321 g/mol. The van der Waals surface area contributed by atoms with E-state index in [1.807, 2.05) is 14.1 Å². The van der Waals surface area contributed by atoms with Crippen LogP contribution in [0, 0.1) is 17.0 Å². The highest BCUT2D eigenvalue weighted by Crippen LogP contribution is 2.30. The van der Waals surface area contributed by atoms with Crippen LogP contribution in [0.25, 0.3) is 0 Å². The molecule has 2 atom stereocenters. The Labute approximate surface area is 135 Å². The summed E-state index contributed by atoms with van der Waals surface area (Å²) < 4.78 is 5.15. The predicted octanol–water partition coefficient (Wildman–Crippen LogP) is 2.12. The Balaban J connectivity index is 2.16. The Bertz CT molecular complexity index is 616. The Morgan fingerprint density at radius 3 is 2.61 bits per heavy atom. The lowest BCUT2D eigenvalue weighted by Crippen LogP contribution is -2.35. The third kappa shape index (κ3) is 3.79. The van der Waals surface area contributed by atoms with Gasteiger partial charge in [-0.25, -0.2) is 0 Å². The molecule has 0 heterocycles. The van der Waals surface area contributed by atoms with Crippen LogP contribution < -0.4 is 10.1 Å². The molecule has 0 radical (unpaired) electrons. The molecule has 0 aliphatic heterocycles. The third-order valence-electron chi connectivity index (χ3n) is 4.48. The summed E-state index contributed by atoms with van der Waals surface area (Å²) in [4.78, 5) is 25.2. The fourth-order valence-corrected chi connectivity index (χ4v) is 3.03. The first-order chi connectivity index (χ1) is 10.8. The van der Waals surface area contributed by atoms with Gasteiger partial charge in [0.1, 0.15) is 5.75 Å². The van der Waals surface area contributed by atoms with Crippen molar-refractivity contribution in [3.8, 4) is 5.75 Å². The standard InChI is InChI=1S/C16H23N3O4/c1-10-14(19(21)22)7-11(8-15(10)23-4)16(20)17-12-5-6-13(9-12)18(2)3/h7-8,12-13H,5-6,9H2,1-4H3,(H,17,20)/t12-,13-/m1/s1. The minimum absolute atomic E-state index is 0.0984. The second-order valence-electron chi connectivity index (χ2n) is 6.18. The van der Waals surface area contributed by atoms with E-state index in [4.69, 9.17) is 4.74 Å². The number of nitrogens with one attached hydrogen (secondary N) is 1. The molecular weight excluding hydrogens is 298 g/mol. The summed E-state index contributed by atoms with van der Waals surface area (Å²) >= 11 is 0. The molecule has 23 heavy (non-hydrogen) atoms. The lowest BCUT2D eigenvalue weighted by Gasteiger charge is -2.19. The largest absolute Gasteiger partial charge is 0.496 e. The van der Waals surface area contributed by atoms with Gasteiger partial charge in [-0.05, 0) is 46.3 Å². The molecule has 0 bridgehead atoms. The van der Waals surface area contributed by atoms with Crippen molar-refractivity contribution in [2.45, 2.75) is 38.3 Å². The van der Waals surface area contributed by atoms with Crippen LogP contribution >= 0.6 is 0 Å². The summed E-state index contributed by atoms with van der Waals surface area (Å²) in [6, 6.07) is 3.42. The topological polar surface area (TPSA) is 84.7 Å². The minimum atomic E-state index is -0.494. The zero-order valence-electron chi connectivity index (χ0n) is 14.0. The van der Waals surface area contributed by atoms with Gasteiger partial charge >= 0.3 is 0 Å². The maximum Gasteiger partial charge on any atom is 0.276 e. The lowest BCUT2D eigenvalue weighted by molar-refractivity contribution is -0.385. The quantitative estimate of drug-likeness (QED) is 0.663. The van der Waals surface area contributed by atoms with E-state index in [0.717, 1.165) is 19.3 Å². The summed E-state index contributed by atoms with van der Waals surface area (Å²) in [5.74, 6) is 0.0535. The number of hydrogen-bond acceptors (Lipinski definition) is 5. The van der Waals surface area contributed by atoms with Gasteiger partial charge in [0, 0.05) is 23.7 Å². The summed E-state index contributed by atoms with van der Waals surface area (Å²) in [6.07, 6.45) is 2.85. The Morgan fingerprint density at radius 1 is 1.39 bits per heavy atom. The fourth-order valence-electron chi connectivity index (χ4n) is 3.03. The van der Waals surface area contributed by atoms with E-state index < -0.39 is 4.92 Å². The number of carbonyl (C=O) groups is 1. The number of hydrogen-bond donors (Lipinski definition) is 1. The van der Waals surface area contributed by atoms with Crippen molar-refractivity contribution < 1.29 is 14.5 Å². The lowest BCUT2D eigenvalue weighted by atomic mass is 10.1. The first kappa shape index (κ1) is 17.2. The van der Waals surface area contributed by atoms with E-state index in [1.165, 1.54) is 13.2 Å². The van der Waals surface area contributed by atoms with Crippen LogP contribution in [0.3, 0.4) is 0 Å². The molecule has 7 heteroatoms. The smallest absolute Gasteiger partial charge is 0.276 e. The van der Waals surface area contributed by atoms with Gasteiger partial charge in [-0.2, -0.15) is 0 Å². The van der Waals surface area contributed by atoms with Crippen molar-refractivity contribution in [2.24, 2.45) is 0 Å². The molecule has 0 aromatic heterocycles. The molecule has 1 aromatic rings. The van der Waals surface area contributed by atoms with Crippen molar-refractivity contribution in [3.63, 3.8) is 0 Å². The summed E-state index contributed by atoms with van der Waals surface area (Å²) in [5.41, 5.74) is 0.571. The SMILES string of the molecule is COc1cc(C(=O)N[C@@H]2CC[C@@H](N(C)C)C2)cc([N+](=O)[O-])c1C. The van der Waals surface area contributed by atoms with E-state index in [9.17, 15) is 14.9 Å². The normalized spacial score (nSPS) is 20.6. The maximum absolute atomic E-state index is 12.4. The van der Waals surface area contributed by atoms with Gasteiger partial charge in [-0.15, -0.1) is 0 Å². The van der Waals surface area contributed by atoms with Gasteiger partial charge in [-0.3, -0.25) is 14.9 Å². The second-order valence-corrected chi connectivity index (χ2v) is 6.18. The highest BCUT2D eigenvalue weighted by atomic mass is 16.6. The van der Waals surface area contributed by atoms with Crippen molar-refractivity contribution in [2.75, 3.05) is 21.2 Å². The number of ether oxygens (including phenoxy) is 1. The van der Waals surface area contributed by atoms with Gasteiger partial charge in [0.2, 0.25) is 0 Å². The molecule has 2 rings (SSSR count). The zero-order valence-corrected chi connectivity index (χ0v) is 14.0. The van der Waals surface area contributed by atoms with E-state index >= 15 is 0 Å². The second kappa shape index (κ2) is 6.95. The first-order valence-electron chi connectivity index (χ1n) is 7.63. The molecule has 0 spiro atoms. The molecule has 1 aliphatic rings. The molecule has 1 aromatic carbocycles. The van der Waals surface area contributed by atoms with E-state index in [1.54, 1.807) is 13.0 Å². The number of amides is 1. The molecule has 1 N–H and O–H groups in total. The number of rotatable bonds is 5. The van der Waals surface area contributed by atoms with Gasteiger partial charge < -0.3 is 15.0 Å². The highest BCUT2D eigenvalue weighted by molar-refractivity contribution is 5.95. The third-order valence-corrected chi connectivity index (χ3v) is 4.48. The van der Waals surface area contributed by atoms with Crippen molar-refractivity contribution in [1.29, 1.82) is 0 Å². The number of nitro benzene ring substituents is 1. The van der Waals surface area contributed by atoms with Crippen LogP contribution in [-0.4, -0.2) is 49.0 Å². The van der Waals surface area contributed by atoms with Crippen LogP contribution in [0.1, 0.15) is 35.2 Å². The average Bonchev–Trinajstić information content (AvgIpc) is 2.95. The van der Waals surface area contributed by atoms with Crippen LogP contribution in [0.15, 0.2) is 12.1 Å². The number of carbonyl (C=O) groups excluding carboxylic acids is 1. The summed E-state index contributed by atoms with van der Waals surface area (Å²) in [7, 11) is 5.50. The summed E-state index contributed by atoms with van der Waals surface area (Å²) in [6.45, 7) is 1.61. The fraction of sp³-hybridized carbons (Fsp3) is 0.562. The number of benzene rings is 1. The van der Waals surface area contributed by atoms with Crippen molar-refractivity contribution in [1.82, 2.24) is 10.2 Å². The molecule has 7 nitrogen and oxygen atoms in total. The zero-order chi connectivity index (χ0) is 17.1. The molecular formula is C16H23N3O4. The molecule has 0 saturated heterocycles. The predicted molar refractivity (Wildman–Crippen MR) is 87.0 cm³/mol. The van der Waals surface area contributed by atoms with Crippen LogP contribution in [0.5, 0.6) is 5.75 Å². The molecule has 1 fully saturated rings. The number of methoxy groups -OCH3 is 1. The van der Waals surface area contributed by atoms with E-state index in [-0.39, 0.29) is 23.2 Å². The number of nitrogens with zero attached hydrogens (tertiary/aromatic N) is 2. The summed E-state index contributed by atoms with van der Waals surface area (Å²) in [5, 5.41) is 14.1. The maximum atomic E-state index is 12.4. The molecule has 1 amide bonds. The van der Waals surface area contributed by atoms with Gasteiger partial charge in [0.25, 0.3) is 11.6 Å². The molecule has 1 aliphatic carbocycles. The van der Waals surface area contributed by atoms with E-state index in [0.29, 0.717) is 17.4 Å². The molecule has 1 saturated carbocycles. The van der Waals surface area contributed by atoms with Crippen LogP contribution in [-0.2, 0) is 0 Å². The van der Waals surface area contributed by atoms with Gasteiger partial charge in [0.15, 0.2) is 0 Å². The van der Waals surface area contributed by atoms with Crippen molar-refractivity contribution in [3.05, 3.63) is 33.4 Å². The molecule has 126 valence electrons. The van der Waals surface area contributed by atoms with Gasteiger partial charge in [-0.1, -0.05) is 0 Å². The Morgan fingerprint density at radius 2 is 2.09 bits per heavy atom. The minimum Gasteiger partial charge on any atom is -0.496 e. The highest BCUT2D eigenvalue weighted by Gasteiger charge is 2.28. The number of nitro groups is 1. The van der Waals surface area contributed by atoms with Crippen molar-refractivity contribution >= 4 is 11.6 Å². The van der Waals surface area contributed by atoms with Gasteiger partial charge in [0.05, 0.1) is 17.6 Å². The molecule has 0 unspecified atom stereocenters. The van der Waals surface area contributed by atoms with E-state index in [2.05, 4.69) is 10.2 Å². The van der Waals surface area contributed by atoms with Crippen LogP contribution in [0.4, 0.5) is 5.69 Å². The Kier molecular flexibility index (Phi) is 5.20. The van der Waals surface area contributed by atoms with Crippen LogP contribution in [0.2, 0.25) is 0 Å². The Hall–Kier alpha value is -2.15. The first-order valence-corrected chi connectivity index (χ1v) is 7.63. The monoisotopic (exact) mass is 321 g/mol.